The van der Waals surface area contributed by atoms with Crippen LogP contribution < -0.4 is 4.90 Å². The minimum atomic E-state index is -0.0772. The number of amides is 2. The van der Waals surface area contributed by atoms with Gasteiger partial charge < -0.3 is 0 Å². The highest BCUT2D eigenvalue weighted by atomic mass is 32.1. The third kappa shape index (κ3) is 2.39. The summed E-state index contributed by atoms with van der Waals surface area (Å²) < 4.78 is 0. The highest BCUT2D eigenvalue weighted by Gasteiger charge is 2.45. The number of rotatable bonds is 2. The van der Waals surface area contributed by atoms with Crippen LogP contribution in [0.3, 0.4) is 0 Å². The van der Waals surface area contributed by atoms with Gasteiger partial charge in [0.15, 0.2) is 0 Å². The Bertz CT molecular complexity index is 567. The molecule has 1 aliphatic heterocycles. The Labute approximate surface area is 127 Å². The Hall–Kier alpha value is -1.30. The lowest BCUT2D eigenvalue weighted by Crippen LogP contribution is -2.48. The van der Waals surface area contributed by atoms with Crippen LogP contribution in [0.25, 0.3) is 0 Å². The minimum absolute atomic E-state index is 0.0626. The number of anilines is 1. The first kappa shape index (κ1) is 13.4. The van der Waals surface area contributed by atoms with Gasteiger partial charge >= 0.3 is 0 Å². The van der Waals surface area contributed by atoms with Gasteiger partial charge in [-0.3, -0.25) is 9.59 Å². The Morgan fingerprint density at radius 2 is 1.67 bits per heavy atom. The van der Waals surface area contributed by atoms with E-state index in [1.165, 1.54) is 22.7 Å². The Morgan fingerprint density at radius 1 is 1.00 bits per heavy atom. The molecule has 0 aromatic carbocycles. The van der Waals surface area contributed by atoms with E-state index in [0.717, 1.165) is 43.5 Å². The van der Waals surface area contributed by atoms with Crippen LogP contribution in [-0.4, -0.2) is 22.0 Å². The van der Waals surface area contributed by atoms with Gasteiger partial charge in [0.05, 0.1) is 0 Å². The fourth-order valence-corrected chi connectivity index (χ4v) is 4.73. The molecule has 3 aliphatic rings. The number of nitrogens with zero attached hydrogens (tertiary/aromatic N) is 3. The molecule has 0 N–H and O–H groups in total. The third-order valence-electron chi connectivity index (χ3n) is 5.01. The molecule has 5 nitrogen and oxygen atoms in total. The fraction of sp³-hybridized carbons (Fsp3) is 0.733. The number of carbonyl (C=O) groups excluding carboxylic acids is 2. The van der Waals surface area contributed by atoms with Crippen LogP contribution in [0.4, 0.5) is 5.13 Å². The van der Waals surface area contributed by atoms with Gasteiger partial charge in [0.1, 0.15) is 5.01 Å². The van der Waals surface area contributed by atoms with Crippen molar-refractivity contribution in [3.63, 3.8) is 0 Å². The van der Waals surface area contributed by atoms with E-state index in [0.29, 0.717) is 23.9 Å². The summed E-state index contributed by atoms with van der Waals surface area (Å²) >= 11 is 1.41. The van der Waals surface area contributed by atoms with Crippen molar-refractivity contribution in [3.8, 4) is 0 Å². The number of piperidine rings is 1. The Morgan fingerprint density at radius 3 is 2.29 bits per heavy atom. The zero-order valence-electron chi connectivity index (χ0n) is 12.0. The normalized spacial score (nSPS) is 25.6. The smallest absolute Gasteiger partial charge is 0.236 e. The Balaban J connectivity index is 1.56. The maximum atomic E-state index is 12.5. The van der Waals surface area contributed by atoms with Crippen molar-refractivity contribution in [2.24, 2.45) is 5.41 Å². The predicted molar refractivity (Wildman–Crippen MR) is 79.1 cm³/mol. The molecule has 0 bridgehead atoms. The van der Waals surface area contributed by atoms with Crippen LogP contribution >= 0.6 is 11.3 Å². The lowest BCUT2D eigenvalue weighted by molar-refractivity contribution is -0.134. The standard InChI is InChI=1S/C15H19N3O2S/c19-11-8-15(6-2-1-3-7-15)9-12(20)18(11)14-17-16-13(21-14)10-4-5-10/h10H,1-9H2. The molecule has 1 saturated heterocycles. The number of carbonyl (C=O) groups is 2. The van der Waals surface area contributed by atoms with Gasteiger partial charge in [0.2, 0.25) is 16.9 Å². The van der Waals surface area contributed by atoms with E-state index >= 15 is 0 Å². The van der Waals surface area contributed by atoms with Gasteiger partial charge in [-0.1, -0.05) is 30.6 Å². The number of aromatic nitrogens is 2. The first-order valence-electron chi connectivity index (χ1n) is 7.86. The van der Waals surface area contributed by atoms with Crippen molar-refractivity contribution in [1.82, 2.24) is 10.2 Å². The lowest BCUT2D eigenvalue weighted by Gasteiger charge is -2.41. The average Bonchev–Trinajstić information content (AvgIpc) is 3.19. The highest BCUT2D eigenvalue weighted by molar-refractivity contribution is 7.15. The van der Waals surface area contributed by atoms with Crippen molar-refractivity contribution in [2.45, 2.75) is 63.7 Å². The summed E-state index contributed by atoms with van der Waals surface area (Å²) in [5, 5.41) is 9.70. The second-order valence-electron chi connectivity index (χ2n) is 6.73. The van der Waals surface area contributed by atoms with Crippen LogP contribution in [0.1, 0.15) is 68.7 Å². The second kappa shape index (κ2) is 4.87. The summed E-state index contributed by atoms with van der Waals surface area (Å²) in [5.74, 6) is 0.356. The minimum Gasteiger partial charge on any atom is -0.274 e. The highest BCUT2D eigenvalue weighted by Crippen LogP contribution is 2.47. The average molecular weight is 305 g/mol. The van der Waals surface area contributed by atoms with E-state index in [9.17, 15) is 9.59 Å². The monoisotopic (exact) mass is 305 g/mol. The molecule has 1 aromatic heterocycles. The topological polar surface area (TPSA) is 63.2 Å². The van der Waals surface area contributed by atoms with Gasteiger partial charge in [-0.2, -0.15) is 0 Å². The predicted octanol–water partition coefficient (Wildman–Crippen LogP) is 3.02. The summed E-state index contributed by atoms with van der Waals surface area (Å²) in [7, 11) is 0. The van der Waals surface area contributed by atoms with Gasteiger partial charge in [-0.15, -0.1) is 10.2 Å². The molecule has 6 heteroatoms. The van der Waals surface area contributed by atoms with Gasteiger partial charge in [-0.25, -0.2) is 4.90 Å². The van der Waals surface area contributed by atoms with Gasteiger partial charge in [0, 0.05) is 18.8 Å². The molecule has 0 atom stereocenters. The molecular weight excluding hydrogens is 286 g/mol. The number of imide groups is 1. The molecule has 2 saturated carbocycles. The van der Waals surface area contributed by atoms with Crippen LogP contribution in [0.2, 0.25) is 0 Å². The fourth-order valence-electron chi connectivity index (χ4n) is 3.68. The SMILES string of the molecule is O=C1CC2(CCCCC2)CC(=O)N1c1nnc(C2CC2)s1. The van der Waals surface area contributed by atoms with Crippen LogP contribution in [0.15, 0.2) is 0 Å². The van der Waals surface area contributed by atoms with E-state index in [-0.39, 0.29) is 17.2 Å². The molecule has 3 fully saturated rings. The molecule has 2 heterocycles. The first-order chi connectivity index (χ1) is 10.2. The molecule has 2 aliphatic carbocycles. The quantitative estimate of drug-likeness (QED) is 0.788. The zero-order chi connectivity index (χ0) is 14.4. The summed E-state index contributed by atoms with van der Waals surface area (Å²) in [6.07, 6.45) is 8.85. The molecular formula is C15H19N3O2S. The molecule has 1 spiro atoms. The molecule has 4 rings (SSSR count). The van der Waals surface area contributed by atoms with E-state index in [1.807, 2.05) is 0 Å². The molecule has 2 amide bonds. The summed E-state index contributed by atoms with van der Waals surface area (Å²) in [6.45, 7) is 0. The molecule has 1 aromatic rings. The maximum Gasteiger partial charge on any atom is 0.236 e. The van der Waals surface area contributed by atoms with Crippen molar-refractivity contribution < 1.29 is 9.59 Å². The summed E-state index contributed by atoms with van der Waals surface area (Å²) in [4.78, 5) is 26.3. The second-order valence-corrected chi connectivity index (χ2v) is 7.72. The third-order valence-corrected chi connectivity index (χ3v) is 6.08. The molecule has 0 unspecified atom stereocenters. The largest absolute Gasteiger partial charge is 0.274 e. The lowest BCUT2D eigenvalue weighted by atomic mass is 9.68. The number of hydrogen-bond acceptors (Lipinski definition) is 5. The van der Waals surface area contributed by atoms with Crippen LogP contribution in [0.5, 0.6) is 0 Å². The van der Waals surface area contributed by atoms with Crippen molar-refractivity contribution >= 4 is 28.3 Å². The number of hydrogen-bond donors (Lipinski definition) is 0. The van der Waals surface area contributed by atoms with Crippen molar-refractivity contribution in [2.75, 3.05) is 4.90 Å². The van der Waals surface area contributed by atoms with Crippen LogP contribution in [-0.2, 0) is 9.59 Å². The van der Waals surface area contributed by atoms with Crippen molar-refractivity contribution in [1.29, 1.82) is 0 Å². The molecule has 21 heavy (non-hydrogen) atoms. The van der Waals surface area contributed by atoms with E-state index in [4.69, 9.17) is 0 Å². The zero-order valence-corrected chi connectivity index (χ0v) is 12.8. The molecule has 112 valence electrons. The molecule has 0 radical (unpaired) electrons. The summed E-state index contributed by atoms with van der Waals surface area (Å²) in [6, 6.07) is 0. The Kier molecular flexibility index (Phi) is 3.10. The van der Waals surface area contributed by atoms with E-state index in [1.54, 1.807) is 0 Å². The van der Waals surface area contributed by atoms with Gasteiger partial charge in [0.25, 0.3) is 0 Å². The van der Waals surface area contributed by atoms with E-state index in [2.05, 4.69) is 10.2 Å². The summed E-state index contributed by atoms with van der Waals surface area (Å²) in [5.41, 5.74) is -0.0626. The van der Waals surface area contributed by atoms with Crippen LogP contribution in [0, 0.1) is 5.41 Å². The first-order valence-corrected chi connectivity index (χ1v) is 8.68. The maximum absolute atomic E-state index is 12.5. The van der Waals surface area contributed by atoms with Gasteiger partial charge in [-0.05, 0) is 31.1 Å². The van der Waals surface area contributed by atoms with E-state index < -0.39 is 0 Å². The van der Waals surface area contributed by atoms with Crippen molar-refractivity contribution in [3.05, 3.63) is 5.01 Å².